The third-order valence-corrected chi connectivity index (χ3v) is 8.22. The summed E-state index contributed by atoms with van der Waals surface area (Å²) in [5.41, 5.74) is 11.4. The van der Waals surface area contributed by atoms with Gasteiger partial charge in [0.15, 0.2) is 0 Å². The highest BCUT2D eigenvalue weighted by Crippen LogP contribution is 2.12. The number of hydrogen-bond donors (Lipinski definition) is 8. The Kier molecular flexibility index (Phi) is 18.8. The van der Waals surface area contributed by atoms with Crippen LogP contribution in [0.2, 0.25) is 0 Å². The van der Waals surface area contributed by atoms with Gasteiger partial charge in [-0.15, -0.1) is 0 Å². The molecule has 2 aromatic carbocycles. The Morgan fingerprint density at radius 1 is 0.667 bits per heavy atom. The van der Waals surface area contributed by atoms with E-state index in [1.165, 1.54) is 28.8 Å². The summed E-state index contributed by atoms with van der Waals surface area (Å²) < 4.78 is 0. The van der Waals surface area contributed by atoms with Crippen molar-refractivity contribution in [2.75, 3.05) is 64.7 Å². The van der Waals surface area contributed by atoms with E-state index in [1.807, 2.05) is 30.3 Å². The summed E-state index contributed by atoms with van der Waals surface area (Å²) in [5, 5.41) is 39.2. The van der Waals surface area contributed by atoms with Gasteiger partial charge in [-0.2, -0.15) is 22.6 Å². The van der Waals surface area contributed by atoms with Gasteiger partial charge in [-0.05, 0) is 23.3 Å². The maximum absolute atomic E-state index is 12.9. The van der Waals surface area contributed by atoms with Gasteiger partial charge in [0.05, 0.1) is 44.3 Å². The zero-order chi connectivity index (χ0) is 37.8. The summed E-state index contributed by atoms with van der Waals surface area (Å²) in [6, 6.07) is 15.2. The zero-order valence-electron chi connectivity index (χ0n) is 27.8. The minimum atomic E-state index is -1.25. The van der Waals surface area contributed by atoms with Crippen LogP contribution < -0.4 is 21.9 Å². The molecule has 18 nitrogen and oxygen atoms in total. The molecular weight excluding hydrogens is 690 g/mol. The molecule has 0 fully saturated rings. The molecule has 0 aliphatic rings. The van der Waals surface area contributed by atoms with Gasteiger partial charge >= 0.3 is 29.8 Å². The van der Waals surface area contributed by atoms with Gasteiger partial charge in [-0.1, -0.05) is 42.5 Å². The van der Waals surface area contributed by atoms with Crippen LogP contribution in [0.1, 0.15) is 21.5 Å². The Morgan fingerprint density at radius 2 is 1.16 bits per heavy atom. The lowest BCUT2D eigenvalue weighted by Crippen LogP contribution is -2.98. The monoisotopic (exact) mass is 734 g/mol. The molecule has 0 aliphatic carbocycles. The van der Waals surface area contributed by atoms with Crippen molar-refractivity contribution in [3.63, 3.8) is 0 Å². The number of carbonyl (C=O) groups is 7. The largest absolute Gasteiger partial charge is 0.480 e. The minimum Gasteiger partial charge on any atom is -0.480 e. The predicted molar refractivity (Wildman–Crippen MR) is 183 cm³/mol. The summed E-state index contributed by atoms with van der Waals surface area (Å²) in [4.78, 5) is 86.4. The van der Waals surface area contributed by atoms with Gasteiger partial charge in [-0.3, -0.25) is 43.5 Å². The van der Waals surface area contributed by atoms with Crippen LogP contribution in [0.4, 0.5) is 0 Å². The first-order valence-corrected chi connectivity index (χ1v) is 16.8. The number of quaternary nitrogens is 1. The van der Waals surface area contributed by atoms with Crippen LogP contribution in [0.3, 0.4) is 0 Å². The molecule has 0 heterocycles. The minimum absolute atomic E-state index is 0.0171. The molecule has 0 radical (unpaired) electrons. The van der Waals surface area contributed by atoms with Crippen LogP contribution in [-0.4, -0.2) is 147 Å². The molecule has 19 heteroatoms. The molecule has 1 atom stereocenters. The third-order valence-electron chi connectivity index (χ3n) is 7.09. The van der Waals surface area contributed by atoms with Crippen molar-refractivity contribution in [1.82, 2.24) is 25.4 Å². The predicted octanol–water partition coefficient (Wildman–Crippen LogP) is -2.46. The number of nitrogens with two attached hydrogens (primary N) is 2. The molecule has 0 aliphatic heterocycles. The van der Waals surface area contributed by atoms with E-state index in [0.717, 1.165) is 20.8 Å². The van der Waals surface area contributed by atoms with E-state index in [2.05, 4.69) is 10.7 Å². The van der Waals surface area contributed by atoms with Gasteiger partial charge in [-0.25, -0.2) is 4.79 Å². The Morgan fingerprint density at radius 3 is 1.65 bits per heavy atom. The quantitative estimate of drug-likeness (QED) is 0.0316. The van der Waals surface area contributed by atoms with Crippen LogP contribution in [0.15, 0.2) is 54.6 Å². The van der Waals surface area contributed by atoms with E-state index < -0.39 is 73.8 Å². The molecule has 2 aromatic rings. The summed E-state index contributed by atoms with van der Waals surface area (Å²) in [7, 11) is 0. The second kappa shape index (κ2) is 22.7. The van der Waals surface area contributed by atoms with Crippen molar-refractivity contribution in [2.45, 2.75) is 18.3 Å². The van der Waals surface area contributed by atoms with Crippen molar-refractivity contribution in [3.8, 4) is 0 Å². The molecule has 0 spiro atoms. The molecule has 278 valence electrons. The van der Waals surface area contributed by atoms with E-state index in [1.54, 1.807) is 12.1 Å². The average Bonchev–Trinajstić information content (AvgIpc) is 3.06. The number of thioether (sulfide) groups is 1. The van der Waals surface area contributed by atoms with Gasteiger partial charge in [0.25, 0.3) is 5.91 Å². The van der Waals surface area contributed by atoms with Crippen molar-refractivity contribution < 1.29 is 59.4 Å². The van der Waals surface area contributed by atoms with E-state index in [0.29, 0.717) is 17.1 Å². The molecule has 2 rings (SSSR count). The van der Waals surface area contributed by atoms with Gasteiger partial charge in [0.1, 0.15) is 0 Å². The Bertz CT molecular complexity index is 1410. The van der Waals surface area contributed by atoms with E-state index in [4.69, 9.17) is 26.2 Å². The zero-order valence-corrected chi connectivity index (χ0v) is 28.6. The molecular formula is C32H44N7O11S+. The Labute approximate surface area is 297 Å². The summed E-state index contributed by atoms with van der Waals surface area (Å²) >= 11 is 1.50. The molecule has 0 bridgehead atoms. The number of amides is 3. The molecule has 0 saturated heterocycles. The number of benzene rings is 2. The van der Waals surface area contributed by atoms with Crippen LogP contribution in [0.5, 0.6) is 0 Å². The number of aliphatic carboxylic acids is 4. The van der Waals surface area contributed by atoms with Crippen molar-refractivity contribution in [3.05, 3.63) is 71.3 Å². The number of nitrogens with zero attached hydrogens (tertiary/aromatic N) is 3. The van der Waals surface area contributed by atoms with Crippen molar-refractivity contribution in [1.29, 1.82) is 0 Å². The van der Waals surface area contributed by atoms with Crippen LogP contribution in [0.25, 0.3) is 0 Å². The summed E-state index contributed by atoms with van der Waals surface area (Å²) in [5.74, 6) is -5.38. The van der Waals surface area contributed by atoms with Crippen LogP contribution >= 0.6 is 11.8 Å². The third kappa shape index (κ3) is 18.6. The Hall–Kier alpha value is -4.92. The smallest absolute Gasteiger partial charge is 0.366 e. The fraction of sp³-hybridized carbons (Fsp3) is 0.406. The molecule has 0 unspecified atom stereocenters. The maximum Gasteiger partial charge on any atom is 0.366 e. The van der Waals surface area contributed by atoms with Crippen molar-refractivity contribution >= 4 is 53.4 Å². The standard InChI is InChI=1S/C32H43N7O11S/c33-25(21-51-20-23-4-2-1-3-5-23)32(50)36-35-31(49)24-8-6-22(7-9-24)14-34-26(40)15-37(10-12-38(16-27(41)42)17-28(43)44)11-13-39(18-29(45)46)19-30(47)48/h1-9,25H,10-21,33H2,(H,34,40)(H,35,49)(H,36,50)(H,41,42)(H,43,44)(H,45,46)(H,47,48)/p+1/t25-/m1/s1. The number of carbonyl (C=O) groups excluding carboxylic acids is 3. The first-order valence-electron chi connectivity index (χ1n) is 15.7. The maximum atomic E-state index is 12.9. The SMILES string of the molecule is N[C@H](CSCc1ccccc1)C(=O)N[NH2+]C(=O)c1ccc(CNC(=O)CN(CCN(CC(=O)O)CC(=O)O)CCN(CC(=O)O)CC(=O)O)cc1. The molecule has 0 saturated carbocycles. The highest BCUT2D eigenvalue weighted by molar-refractivity contribution is 7.98. The molecule has 0 aromatic heterocycles. The van der Waals surface area contributed by atoms with E-state index in [9.17, 15) is 33.6 Å². The first kappa shape index (κ1) is 42.2. The number of primary amides is 1. The number of hydrogen-bond acceptors (Lipinski definition) is 12. The second-order valence-electron chi connectivity index (χ2n) is 11.4. The van der Waals surface area contributed by atoms with Crippen LogP contribution in [-0.2, 0) is 41.1 Å². The average molecular weight is 735 g/mol. The lowest BCUT2D eigenvalue weighted by Gasteiger charge is -2.28. The van der Waals surface area contributed by atoms with E-state index >= 15 is 0 Å². The van der Waals surface area contributed by atoms with E-state index in [-0.39, 0.29) is 44.8 Å². The second-order valence-corrected chi connectivity index (χ2v) is 12.4. The summed E-state index contributed by atoms with van der Waals surface area (Å²) in [6.07, 6.45) is 0. The number of carboxylic acid groups (broad SMARTS) is 4. The fourth-order valence-corrected chi connectivity index (χ4v) is 5.51. The normalized spacial score (nSPS) is 11.7. The highest BCUT2D eigenvalue weighted by atomic mass is 32.2. The number of rotatable bonds is 24. The van der Waals surface area contributed by atoms with Gasteiger partial charge in [0.2, 0.25) is 5.91 Å². The number of carboxylic acids is 4. The lowest BCUT2D eigenvalue weighted by atomic mass is 10.1. The topological polar surface area (TPSA) is 277 Å². The number of nitrogens with one attached hydrogen (secondary N) is 2. The lowest BCUT2D eigenvalue weighted by molar-refractivity contribution is -0.603. The van der Waals surface area contributed by atoms with Crippen molar-refractivity contribution in [2.24, 2.45) is 5.73 Å². The van der Waals surface area contributed by atoms with Gasteiger partial charge < -0.3 is 31.5 Å². The fourth-order valence-electron chi connectivity index (χ4n) is 4.56. The molecule has 51 heavy (non-hydrogen) atoms. The Balaban J connectivity index is 1.90. The molecule has 3 amide bonds. The molecule has 10 N–H and O–H groups in total. The summed E-state index contributed by atoms with van der Waals surface area (Å²) in [6.45, 7) is -2.55. The van der Waals surface area contributed by atoms with Gasteiger partial charge in [0, 0.05) is 44.2 Å². The highest BCUT2D eigenvalue weighted by Gasteiger charge is 2.21. The first-order chi connectivity index (χ1) is 24.2. The van der Waals surface area contributed by atoms with Crippen LogP contribution in [0, 0.1) is 0 Å².